The summed E-state index contributed by atoms with van der Waals surface area (Å²) in [6.45, 7) is 1.78. The van der Waals surface area contributed by atoms with Crippen LogP contribution in [0.5, 0.6) is 5.75 Å². The number of nitrogens with two attached hydrogens (primary N) is 1. The number of nitrogens with zero attached hydrogens (tertiary/aromatic N) is 2. The molecule has 0 saturated carbocycles. The van der Waals surface area contributed by atoms with Crippen LogP contribution >= 0.6 is 11.5 Å². The Bertz CT molecular complexity index is 784. The molecule has 132 valence electrons. The van der Waals surface area contributed by atoms with Gasteiger partial charge in [-0.25, -0.2) is 0 Å². The third-order valence-electron chi connectivity index (χ3n) is 4.12. The van der Waals surface area contributed by atoms with Crippen molar-refractivity contribution in [2.45, 2.75) is 19.4 Å². The van der Waals surface area contributed by atoms with E-state index in [1.807, 2.05) is 24.3 Å². The number of methoxy groups -OCH3 is 1. The number of nitrogen functional groups attached to an aromatic ring is 1. The number of hydrogen-bond acceptors (Lipinski definition) is 6. The summed E-state index contributed by atoms with van der Waals surface area (Å²) in [5, 5.41) is 2.77. The van der Waals surface area contributed by atoms with Crippen LogP contribution in [0.4, 0.5) is 5.69 Å². The number of nitrogens with one attached hydrogen (secondary N) is 1. The van der Waals surface area contributed by atoms with Crippen LogP contribution in [-0.2, 0) is 6.54 Å². The first-order chi connectivity index (χ1) is 12.1. The highest BCUT2D eigenvalue weighted by Gasteiger charge is 2.27. The van der Waals surface area contributed by atoms with E-state index in [4.69, 9.17) is 10.5 Å². The molecule has 1 aromatic carbocycles. The molecule has 0 atom stereocenters. The zero-order valence-electron chi connectivity index (χ0n) is 13.9. The largest absolute Gasteiger partial charge is 0.497 e. The lowest BCUT2D eigenvalue weighted by Gasteiger charge is -2.13. The summed E-state index contributed by atoms with van der Waals surface area (Å²) in [7, 11) is 1.59. The maximum absolute atomic E-state index is 12.4. The van der Waals surface area contributed by atoms with Crippen LogP contribution in [-0.4, -0.2) is 41.3 Å². The van der Waals surface area contributed by atoms with Gasteiger partial charge in [0.2, 0.25) is 0 Å². The molecule has 1 aliphatic heterocycles. The molecule has 7 nitrogen and oxygen atoms in total. The number of amides is 2. The van der Waals surface area contributed by atoms with E-state index >= 15 is 0 Å². The van der Waals surface area contributed by atoms with Crippen LogP contribution in [0, 0.1) is 0 Å². The normalized spacial score (nSPS) is 13.7. The molecule has 3 N–H and O–H groups in total. The zero-order valence-corrected chi connectivity index (χ0v) is 14.8. The van der Waals surface area contributed by atoms with Crippen molar-refractivity contribution in [3.05, 3.63) is 40.4 Å². The second-order valence-electron chi connectivity index (χ2n) is 5.81. The molecular weight excluding hydrogens is 340 g/mol. The van der Waals surface area contributed by atoms with E-state index in [9.17, 15) is 9.59 Å². The second-order valence-corrected chi connectivity index (χ2v) is 6.58. The summed E-state index contributed by atoms with van der Waals surface area (Å²) in [6.07, 6.45) is 2.00. The number of ether oxygens (including phenoxy) is 1. The van der Waals surface area contributed by atoms with Gasteiger partial charge in [-0.1, -0.05) is 12.1 Å². The number of rotatable bonds is 5. The summed E-state index contributed by atoms with van der Waals surface area (Å²) in [5.41, 5.74) is 7.17. The maximum atomic E-state index is 12.4. The van der Waals surface area contributed by atoms with E-state index in [-0.39, 0.29) is 17.3 Å². The van der Waals surface area contributed by atoms with Gasteiger partial charge in [-0.05, 0) is 42.1 Å². The first-order valence-electron chi connectivity index (χ1n) is 8.05. The topological polar surface area (TPSA) is 97.5 Å². The summed E-state index contributed by atoms with van der Waals surface area (Å²) < 4.78 is 9.24. The van der Waals surface area contributed by atoms with Crippen LogP contribution in [0.2, 0.25) is 0 Å². The molecule has 8 heteroatoms. The number of aromatic nitrogens is 1. The first kappa shape index (κ1) is 17.2. The molecule has 0 bridgehead atoms. The lowest BCUT2D eigenvalue weighted by molar-refractivity contribution is 0.0798. The Hall–Kier alpha value is -2.61. The van der Waals surface area contributed by atoms with Gasteiger partial charge in [0, 0.05) is 19.6 Å². The van der Waals surface area contributed by atoms with Crippen molar-refractivity contribution in [3.8, 4) is 5.75 Å². The van der Waals surface area contributed by atoms with Crippen LogP contribution in [0.3, 0.4) is 0 Å². The Morgan fingerprint density at radius 2 is 2.12 bits per heavy atom. The highest BCUT2D eigenvalue weighted by atomic mass is 32.1. The molecule has 2 aromatic rings. The molecule has 25 heavy (non-hydrogen) atoms. The molecule has 2 heterocycles. The van der Waals surface area contributed by atoms with Gasteiger partial charge in [0.15, 0.2) is 5.69 Å². The second kappa shape index (κ2) is 7.52. The fraction of sp³-hybridized carbons (Fsp3) is 0.353. The summed E-state index contributed by atoms with van der Waals surface area (Å²) in [5.74, 6) is 0.190. The molecule has 1 saturated heterocycles. The highest BCUT2D eigenvalue weighted by molar-refractivity contribution is 7.09. The minimum atomic E-state index is -0.392. The molecular formula is C17H20N4O3S. The minimum absolute atomic E-state index is 0.107. The highest BCUT2D eigenvalue weighted by Crippen LogP contribution is 2.25. The van der Waals surface area contributed by atoms with E-state index < -0.39 is 5.91 Å². The fourth-order valence-electron chi connectivity index (χ4n) is 2.73. The zero-order chi connectivity index (χ0) is 17.8. The van der Waals surface area contributed by atoms with Gasteiger partial charge in [-0.15, -0.1) is 0 Å². The molecule has 1 aliphatic rings. The lowest BCUT2D eigenvalue weighted by Crippen LogP contribution is -2.28. The predicted octanol–water partition coefficient (Wildman–Crippen LogP) is 1.90. The number of carbonyl (C=O) groups is 2. The number of benzene rings is 1. The van der Waals surface area contributed by atoms with Crippen LogP contribution in [0.1, 0.15) is 38.6 Å². The van der Waals surface area contributed by atoms with Crippen molar-refractivity contribution in [2.24, 2.45) is 0 Å². The van der Waals surface area contributed by atoms with Crippen LogP contribution < -0.4 is 15.8 Å². The third kappa shape index (κ3) is 3.74. The average Bonchev–Trinajstić information content (AvgIpc) is 3.29. The van der Waals surface area contributed by atoms with Crippen molar-refractivity contribution in [1.29, 1.82) is 0 Å². The van der Waals surface area contributed by atoms with Gasteiger partial charge >= 0.3 is 0 Å². The van der Waals surface area contributed by atoms with Crippen molar-refractivity contribution in [3.63, 3.8) is 0 Å². The number of hydrogen-bond donors (Lipinski definition) is 2. The monoisotopic (exact) mass is 360 g/mol. The summed E-state index contributed by atoms with van der Waals surface area (Å²) in [4.78, 5) is 26.9. The number of anilines is 1. The maximum Gasteiger partial charge on any atom is 0.273 e. The lowest BCUT2D eigenvalue weighted by atomic mass is 10.2. The first-order valence-corrected chi connectivity index (χ1v) is 8.83. The Kier molecular flexibility index (Phi) is 5.18. The van der Waals surface area contributed by atoms with E-state index in [0.717, 1.165) is 48.8 Å². The number of likely N-dealkylation sites (tertiary alicyclic amines) is 1. The van der Waals surface area contributed by atoms with E-state index in [1.165, 1.54) is 0 Å². The molecule has 0 unspecified atom stereocenters. The van der Waals surface area contributed by atoms with Gasteiger partial charge in [0.05, 0.1) is 12.8 Å². The average molecular weight is 360 g/mol. The SMILES string of the molecule is COc1cccc(CNC(=O)c2nsc(C(=O)N3CCCC3)c2N)c1. The molecule has 0 radical (unpaired) electrons. The van der Waals surface area contributed by atoms with Gasteiger partial charge < -0.3 is 20.7 Å². The summed E-state index contributed by atoms with van der Waals surface area (Å²) in [6, 6.07) is 7.41. The van der Waals surface area contributed by atoms with E-state index in [2.05, 4.69) is 9.69 Å². The molecule has 1 fully saturated rings. The predicted molar refractivity (Wildman–Crippen MR) is 95.8 cm³/mol. The van der Waals surface area contributed by atoms with Crippen molar-refractivity contribution < 1.29 is 14.3 Å². The van der Waals surface area contributed by atoms with Gasteiger partial charge in [-0.3, -0.25) is 9.59 Å². The Labute approximate surface area is 149 Å². The smallest absolute Gasteiger partial charge is 0.273 e. The molecule has 2 amide bonds. The van der Waals surface area contributed by atoms with E-state index in [1.54, 1.807) is 12.0 Å². The standard InChI is InChI=1S/C17H20N4O3S/c1-24-12-6-4-5-11(9-12)10-19-16(22)14-13(18)15(25-20-14)17(23)21-7-2-3-8-21/h4-6,9H,2-3,7-8,10,18H2,1H3,(H,19,22). The Morgan fingerprint density at radius 1 is 1.36 bits per heavy atom. The molecule has 0 spiro atoms. The third-order valence-corrected chi connectivity index (χ3v) is 4.97. The van der Waals surface area contributed by atoms with Gasteiger partial charge in [0.25, 0.3) is 11.8 Å². The van der Waals surface area contributed by atoms with Crippen LogP contribution in [0.25, 0.3) is 0 Å². The molecule has 1 aromatic heterocycles. The van der Waals surface area contributed by atoms with Crippen molar-refractivity contribution in [2.75, 3.05) is 25.9 Å². The van der Waals surface area contributed by atoms with E-state index in [0.29, 0.717) is 11.4 Å². The molecule has 0 aliphatic carbocycles. The molecule has 3 rings (SSSR count). The van der Waals surface area contributed by atoms with Crippen LogP contribution in [0.15, 0.2) is 24.3 Å². The van der Waals surface area contributed by atoms with Crippen molar-refractivity contribution >= 4 is 29.0 Å². The van der Waals surface area contributed by atoms with Gasteiger partial charge in [-0.2, -0.15) is 4.37 Å². The summed E-state index contributed by atoms with van der Waals surface area (Å²) >= 11 is 0.980. The Balaban J connectivity index is 1.67. The van der Waals surface area contributed by atoms with Crippen molar-refractivity contribution in [1.82, 2.24) is 14.6 Å². The quantitative estimate of drug-likeness (QED) is 0.849. The Morgan fingerprint density at radius 3 is 2.84 bits per heavy atom. The number of carbonyl (C=O) groups excluding carboxylic acids is 2. The van der Waals surface area contributed by atoms with Gasteiger partial charge in [0.1, 0.15) is 10.6 Å². The minimum Gasteiger partial charge on any atom is -0.497 e. The fourth-order valence-corrected chi connectivity index (χ4v) is 3.49.